The van der Waals surface area contributed by atoms with Crippen molar-refractivity contribution in [3.63, 3.8) is 0 Å². The quantitative estimate of drug-likeness (QED) is 0.196. The molecule has 0 spiro atoms. The Bertz CT molecular complexity index is 982. The molecule has 0 aliphatic heterocycles. The fraction of sp³-hybridized carbons (Fsp3) is 0.423. The molecule has 0 saturated heterocycles. The summed E-state index contributed by atoms with van der Waals surface area (Å²) >= 11 is 0. The topological polar surface area (TPSA) is 35.5 Å². The second-order valence-electron chi connectivity index (χ2n) is 8.93. The van der Waals surface area contributed by atoms with Gasteiger partial charge in [0, 0.05) is 5.56 Å². The number of halogens is 4. The van der Waals surface area contributed by atoms with Crippen LogP contribution in [0.15, 0.2) is 49.1 Å². The lowest BCUT2D eigenvalue weighted by atomic mass is 9.64. The molecule has 33 heavy (non-hydrogen) atoms. The van der Waals surface area contributed by atoms with Crippen molar-refractivity contribution in [2.24, 2.45) is 17.8 Å². The SMILES string of the molecule is C=CC1CCC2CC(c3c(F)cc(C(=O)Oc4ccc(OC(F)F)cc4)cc3F)CCC2C1. The van der Waals surface area contributed by atoms with Crippen LogP contribution in [0.3, 0.4) is 0 Å². The molecule has 7 heteroatoms. The Morgan fingerprint density at radius 1 is 0.939 bits per heavy atom. The van der Waals surface area contributed by atoms with Crippen molar-refractivity contribution in [3.8, 4) is 11.5 Å². The Balaban J connectivity index is 1.44. The van der Waals surface area contributed by atoms with E-state index >= 15 is 0 Å². The van der Waals surface area contributed by atoms with E-state index in [9.17, 15) is 22.4 Å². The number of carbonyl (C=O) groups excluding carboxylic acids is 1. The summed E-state index contributed by atoms with van der Waals surface area (Å²) in [4.78, 5) is 12.4. The van der Waals surface area contributed by atoms with Crippen molar-refractivity contribution >= 4 is 5.97 Å². The normalized spacial score (nSPS) is 24.8. The Hall–Kier alpha value is -2.83. The fourth-order valence-corrected chi connectivity index (χ4v) is 5.35. The molecular formula is C26H26F4O3. The Kier molecular flexibility index (Phi) is 7.05. The van der Waals surface area contributed by atoms with Crippen molar-refractivity contribution in [1.82, 2.24) is 0 Å². The summed E-state index contributed by atoms with van der Waals surface area (Å²) in [6, 6.07) is 6.95. The lowest BCUT2D eigenvalue weighted by Gasteiger charge is -2.41. The zero-order valence-electron chi connectivity index (χ0n) is 18.1. The van der Waals surface area contributed by atoms with E-state index in [4.69, 9.17) is 4.74 Å². The van der Waals surface area contributed by atoms with Gasteiger partial charge in [-0.1, -0.05) is 6.08 Å². The molecule has 0 N–H and O–H groups in total. The zero-order chi connectivity index (χ0) is 23.5. The van der Waals surface area contributed by atoms with Gasteiger partial charge in [0.1, 0.15) is 23.1 Å². The zero-order valence-corrected chi connectivity index (χ0v) is 18.1. The molecule has 176 valence electrons. The van der Waals surface area contributed by atoms with E-state index in [0.29, 0.717) is 17.8 Å². The van der Waals surface area contributed by atoms with Crippen LogP contribution in [0.25, 0.3) is 0 Å². The third kappa shape index (κ3) is 5.40. The smallest absolute Gasteiger partial charge is 0.387 e. The van der Waals surface area contributed by atoms with Gasteiger partial charge in [0.25, 0.3) is 0 Å². The minimum atomic E-state index is -2.97. The van der Waals surface area contributed by atoms with E-state index in [1.165, 1.54) is 24.3 Å². The molecule has 2 fully saturated rings. The van der Waals surface area contributed by atoms with Crippen LogP contribution in [0.2, 0.25) is 0 Å². The van der Waals surface area contributed by atoms with Crippen molar-refractivity contribution < 1.29 is 31.8 Å². The largest absolute Gasteiger partial charge is 0.435 e. The number of rotatable bonds is 6. The molecule has 3 nitrogen and oxygen atoms in total. The summed E-state index contributed by atoms with van der Waals surface area (Å²) in [6.45, 7) is 0.929. The number of carbonyl (C=O) groups is 1. The van der Waals surface area contributed by atoms with E-state index in [1.807, 2.05) is 6.08 Å². The van der Waals surface area contributed by atoms with E-state index in [1.54, 1.807) is 0 Å². The van der Waals surface area contributed by atoms with Gasteiger partial charge in [0.15, 0.2) is 0 Å². The summed E-state index contributed by atoms with van der Waals surface area (Å²) in [5.41, 5.74) is -0.203. The number of ether oxygens (including phenoxy) is 2. The highest BCUT2D eigenvalue weighted by molar-refractivity contribution is 5.91. The molecule has 0 bridgehead atoms. The predicted octanol–water partition coefficient (Wildman–Crippen LogP) is 7.27. The lowest BCUT2D eigenvalue weighted by molar-refractivity contribution is -0.0498. The average Bonchev–Trinajstić information content (AvgIpc) is 2.79. The van der Waals surface area contributed by atoms with Crippen LogP contribution < -0.4 is 9.47 Å². The molecule has 0 heterocycles. The molecule has 2 aliphatic rings. The minimum Gasteiger partial charge on any atom is -0.435 e. The molecule has 0 radical (unpaired) electrons. The standard InChI is InChI=1S/C26H26F4O3/c1-2-15-3-4-17-12-18(6-5-16(17)11-15)24-22(27)13-19(14-23(24)28)25(31)32-20-7-9-21(10-8-20)33-26(29)30/h2,7-10,13-18,26H,1,3-6,11-12H2. The maximum absolute atomic E-state index is 15.0. The Labute approximate surface area is 190 Å². The first-order valence-corrected chi connectivity index (χ1v) is 11.2. The molecule has 2 saturated carbocycles. The van der Waals surface area contributed by atoms with Gasteiger partial charge in [-0.3, -0.25) is 0 Å². The highest BCUT2D eigenvalue weighted by Crippen LogP contribution is 2.48. The number of benzene rings is 2. The summed E-state index contributed by atoms with van der Waals surface area (Å²) < 4.78 is 63.7. The fourth-order valence-electron chi connectivity index (χ4n) is 5.35. The monoisotopic (exact) mass is 462 g/mol. The van der Waals surface area contributed by atoms with Crippen molar-refractivity contribution in [2.45, 2.75) is 51.1 Å². The predicted molar refractivity (Wildman–Crippen MR) is 116 cm³/mol. The molecule has 2 aliphatic carbocycles. The first-order valence-electron chi connectivity index (χ1n) is 11.2. The summed E-state index contributed by atoms with van der Waals surface area (Å²) in [6.07, 6.45) is 7.65. The molecular weight excluding hydrogens is 436 g/mol. The van der Waals surface area contributed by atoms with Gasteiger partial charge < -0.3 is 9.47 Å². The third-order valence-electron chi connectivity index (χ3n) is 6.97. The van der Waals surface area contributed by atoms with E-state index in [-0.39, 0.29) is 28.5 Å². The number of esters is 1. The number of allylic oxidation sites excluding steroid dienone is 1. The maximum atomic E-state index is 15.0. The van der Waals surface area contributed by atoms with Crippen LogP contribution in [-0.2, 0) is 0 Å². The van der Waals surface area contributed by atoms with Crippen LogP contribution in [0.1, 0.15) is 60.4 Å². The molecule has 2 aromatic rings. The van der Waals surface area contributed by atoms with Gasteiger partial charge in [-0.05, 0) is 98.6 Å². The second kappa shape index (κ2) is 9.98. The van der Waals surface area contributed by atoms with Crippen LogP contribution in [0.4, 0.5) is 17.6 Å². The third-order valence-corrected chi connectivity index (χ3v) is 6.97. The second-order valence-corrected chi connectivity index (χ2v) is 8.93. The van der Waals surface area contributed by atoms with E-state index < -0.39 is 24.2 Å². The van der Waals surface area contributed by atoms with Crippen molar-refractivity contribution in [3.05, 3.63) is 71.8 Å². The number of hydrogen-bond acceptors (Lipinski definition) is 3. The first-order chi connectivity index (χ1) is 15.8. The Morgan fingerprint density at radius 3 is 2.18 bits per heavy atom. The van der Waals surface area contributed by atoms with Crippen LogP contribution in [0.5, 0.6) is 11.5 Å². The first kappa shape index (κ1) is 23.3. The highest BCUT2D eigenvalue weighted by Gasteiger charge is 2.37. The van der Waals surface area contributed by atoms with Crippen LogP contribution >= 0.6 is 0 Å². The van der Waals surface area contributed by atoms with Gasteiger partial charge in [0.2, 0.25) is 0 Å². The summed E-state index contributed by atoms with van der Waals surface area (Å²) in [5.74, 6) is -1.12. The van der Waals surface area contributed by atoms with Gasteiger partial charge in [-0.15, -0.1) is 6.58 Å². The van der Waals surface area contributed by atoms with Gasteiger partial charge in [0.05, 0.1) is 5.56 Å². The number of fused-ring (bicyclic) bond motifs is 1. The number of alkyl halides is 2. The van der Waals surface area contributed by atoms with Gasteiger partial charge in [-0.25, -0.2) is 13.6 Å². The van der Waals surface area contributed by atoms with Gasteiger partial charge in [-0.2, -0.15) is 8.78 Å². The highest BCUT2D eigenvalue weighted by atomic mass is 19.3. The van der Waals surface area contributed by atoms with Crippen LogP contribution in [0, 0.1) is 29.4 Å². The lowest BCUT2D eigenvalue weighted by Crippen LogP contribution is -2.30. The summed E-state index contributed by atoms with van der Waals surface area (Å²) in [7, 11) is 0. The Morgan fingerprint density at radius 2 is 1.55 bits per heavy atom. The number of hydrogen-bond donors (Lipinski definition) is 0. The van der Waals surface area contributed by atoms with E-state index in [0.717, 1.165) is 50.7 Å². The van der Waals surface area contributed by atoms with E-state index in [2.05, 4.69) is 11.3 Å². The molecule has 0 amide bonds. The molecule has 0 aromatic heterocycles. The summed E-state index contributed by atoms with van der Waals surface area (Å²) in [5, 5.41) is 0. The van der Waals surface area contributed by atoms with Gasteiger partial charge >= 0.3 is 12.6 Å². The molecule has 4 rings (SSSR count). The molecule has 4 atom stereocenters. The minimum absolute atomic E-state index is 0.0416. The molecule has 4 unspecified atom stereocenters. The molecule has 2 aromatic carbocycles. The maximum Gasteiger partial charge on any atom is 0.387 e. The van der Waals surface area contributed by atoms with Crippen molar-refractivity contribution in [2.75, 3.05) is 0 Å². The van der Waals surface area contributed by atoms with Crippen molar-refractivity contribution in [1.29, 1.82) is 0 Å². The van der Waals surface area contributed by atoms with Crippen LogP contribution in [-0.4, -0.2) is 12.6 Å². The average molecular weight is 462 g/mol.